The highest BCUT2D eigenvalue weighted by atomic mass is 16.3. The number of carbonyl (C=O) groups excluding carboxylic acids is 1. The molecule has 1 aromatic carbocycles. The van der Waals surface area contributed by atoms with Gasteiger partial charge in [-0.2, -0.15) is 0 Å². The molecule has 0 bridgehead atoms. The van der Waals surface area contributed by atoms with Gasteiger partial charge in [0.25, 0.3) is 5.91 Å². The highest BCUT2D eigenvalue weighted by molar-refractivity contribution is 6.01. The van der Waals surface area contributed by atoms with Gasteiger partial charge in [-0.05, 0) is 39.8 Å². The van der Waals surface area contributed by atoms with Gasteiger partial charge in [-0.1, -0.05) is 12.1 Å². The molecule has 0 unspecified atom stereocenters. The molecular formula is C20H23N5O2. The predicted octanol–water partition coefficient (Wildman–Crippen LogP) is 2.92. The van der Waals surface area contributed by atoms with Crippen LogP contribution in [0.15, 0.2) is 24.3 Å². The molecule has 3 aromatic rings. The molecule has 0 saturated carbocycles. The molecule has 7 heteroatoms. The molecule has 1 amide bonds. The van der Waals surface area contributed by atoms with Crippen molar-refractivity contribution in [1.29, 1.82) is 0 Å². The van der Waals surface area contributed by atoms with Crippen molar-refractivity contribution in [3.05, 3.63) is 41.2 Å². The molecule has 4 N–H and O–H groups in total. The van der Waals surface area contributed by atoms with Crippen LogP contribution in [0.2, 0.25) is 0 Å². The van der Waals surface area contributed by atoms with Crippen LogP contribution in [0.1, 0.15) is 48.6 Å². The summed E-state index contributed by atoms with van der Waals surface area (Å²) in [5.74, 6) is 0.566. The van der Waals surface area contributed by atoms with Crippen molar-refractivity contribution in [3.63, 3.8) is 0 Å². The predicted molar refractivity (Wildman–Crippen MR) is 105 cm³/mol. The Morgan fingerprint density at radius 2 is 2.00 bits per heavy atom. The number of rotatable bonds is 3. The second-order valence-electron chi connectivity index (χ2n) is 7.92. The van der Waals surface area contributed by atoms with Gasteiger partial charge in [0.15, 0.2) is 0 Å². The van der Waals surface area contributed by atoms with Gasteiger partial charge in [0, 0.05) is 16.8 Å². The number of aromatic amines is 1. The Labute approximate surface area is 157 Å². The fraction of sp³-hybridized carbons (Fsp3) is 0.350. The number of carbonyl (C=O) groups is 1. The maximum Gasteiger partial charge on any atom is 0.253 e. The number of hydrogen-bond acceptors (Lipinski definition) is 5. The lowest BCUT2D eigenvalue weighted by molar-refractivity contribution is 0.0942. The number of aromatic nitrogens is 3. The van der Waals surface area contributed by atoms with Crippen molar-refractivity contribution in [1.82, 2.24) is 20.3 Å². The zero-order valence-corrected chi connectivity index (χ0v) is 15.8. The minimum absolute atomic E-state index is 0.137. The van der Waals surface area contributed by atoms with Crippen LogP contribution in [0.3, 0.4) is 0 Å². The zero-order chi connectivity index (χ0) is 19.3. The quantitative estimate of drug-likeness (QED) is 0.571. The van der Waals surface area contributed by atoms with Crippen LogP contribution < -0.4 is 10.6 Å². The molecule has 7 nitrogen and oxygen atoms in total. The average Bonchev–Trinajstić information content (AvgIpc) is 3.14. The van der Waals surface area contributed by atoms with Crippen molar-refractivity contribution >= 4 is 22.8 Å². The Kier molecular flexibility index (Phi) is 3.92. The molecule has 1 atom stereocenters. The van der Waals surface area contributed by atoms with Gasteiger partial charge in [-0.15, -0.1) is 0 Å². The monoisotopic (exact) mass is 365 g/mol. The standard InChI is InChI=1S/C20H23N5O2/c1-10-18(25-20(2,3)4)24-16-11(6-5-7-13(16)21-10)14-8-12-17(22-14)15(9-26)23-19(12)27/h5-8,15,22,26H,9H2,1-4H3,(H,23,27)(H,24,25)/t15-/m1/s1. The van der Waals surface area contributed by atoms with E-state index in [0.717, 1.165) is 33.8 Å². The number of amides is 1. The highest BCUT2D eigenvalue weighted by Crippen LogP contribution is 2.33. The first-order valence-electron chi connectivity index (χ1n) is 8.97. The van der Waals surface area contributed by atoms with Crippen LogP contribution in [0.4, 0.5) is 5.82 Å². The molecule has 0 aliphatic carbocycles. The molecule has 0 spiro atoms. The smallest absolute Gasteiger partial charge is 0.253 e. The Hall–Kier alpha value is -2.93. The van der Waals surface area contributed by atoms with E-state index in [4.69, 9.17) is 9.97 Å². The van der Waals surface area contributed by atoms with Gasteiger partial charge >= 0.3 is 0 Å². The molecule has 0 saturated heterocycles. The molecule has 0 fully saturated rings. The van der Waals surface area contributed by atoms with Gasteiger partial charge in [-0.3, -0.25) is 4.79 Å². The first-order valence-corrected chi connectivity index (χ1v) is 8.97. The molecule has 4 rings (SSSR count). The highest BCUT2D eigenvalue weighted by Gasteiger charge is 2.31. The first-order chi connectivity index (χ1) is 12.8. The second kappa shape index (κ2) is 6.06. The van der Waals surface area contributed by atoms with Crippen LogP contribution in [0.25, 0.3) is 22.3 Å². The second-order valence-corrected chi connectivity index (χ2v) is 7.92. The van der Waals surface area contributed by atoms with E-state index >= 15 is 0 Å². The number of hydrogen-bond donors (Lipinski definition) is 4. The lowest BCUT2D eigenvalue weighted by Gasteiger charge is -2.22. The maximum absolute atomic E-state index is 12.1. The third-order valence-electron chi connectivity index (χ3n) is 4.58. The number of para-hydroxylation sites is 1. The van der Waals surface area contributed by atoms with E-state index in [1.54, 1.807) is 0 Å². The first kappa shape index (κ1) is 17.5. The van der Waals surface area contributed by atoms with E-state index in [9.17, 15) is 9.90 Å². The van der Waals surface area contributed by atoms with Crippen molar-refractivity contribution < 1.29 is 9.90 Å². The lowest BCUT2D eigenvalue weighted by Crippen LogP contribution is -2.27. The molecule has 2 aromatic heterocycles. The average molecular weight is 365 g/mol. The number of fused-ring (bicyclic) bond motifs is 2. The largest absolute Gasteiger partial charge is 0.394 e. The molecule has 1 aliphatic rings. The van der Waals surface area contributed by atoms with E-state index in [2.05, 4.69) is 36.4 Å². The number of nitrogens with zero attached hydrogens (tertiary/aromatic N) is 2. The topological polar surface area (TPSA) is 103 Å². The SMILES string of the molecule is Cc1nc2cccc(-c3cc4c([nH]3)[C@@H](CO)NC4=O)c2nc1NC(C)(C)C. The number of aliphatic hydroxyl groups excluding tert-OH is 1. The van der Waals surface area contributed by atoms with Crippen LogP contribution in [0.5, 0.6) is 0 Å². The van der Waals surface area contributed by atoms with Crippen LogP contribution in [-0.2, 0) is 0 Å². The van der Waals surface area contributed by atoms with E-state index in [1.165, 1.54) is 0 Å². The summed E-state index contributed by atoms with van der Waals surface area (Å²) in [5.41, 5.74) is 5.19. The fourth-order valence-electron chi connectivity index (χ4n) is 3.38. The summed E-state index contributed by atoms with van der Waals surface area (Å²) in [4.78, 5) is 24.9. The third-order valence-corrected chi connectivity index (χ3v) is 4.58. The minimum Gasteiger partial charge on any atom is -0.394 e. The summed E-state index contributed by atoms with van der Waals surface area (Å²) in [6.45, 7) is 8.02. The van der Waals surface area contributed by atoms with Gasteiger partial charge in [0.1, 0.15) is 11.3 Å². The van der Waals surface area contributed by atoms with Gasteiger partial charge < -0.3 is 20.7 Å². The Morgan fingerprint density at radius 1 is 1.22 bits per heavy atom. The number of aliphatic hydroxyl groups is 1. The minimum atomic E-state index is -0.400. The van der Waals surface area contributed by atoms with Gasteiger partial charge in [0.05, 0.1) is 35.1 Å². The van der Waals surface area contributed by atoms with E-state index in [0.29, 0.717) is 11.3 Å². The molecule has 27 heavy (non-hydrogen) atoms. The van der Waals surface area contributed by atoms with Crippen molar-refractivity contribution in [3.8, 4) is 11.3 Å². The summed E-state index contributed by atoms with van der Waals surface area (Å²) < 4.78 is 0. The normalized spacial score (nSPS) is 16.5. The van der Waals surface area contributed by atoms with E-state index in [-0.39, 0.29) is 18.1 Å². The molecule has 140 valence electrons. The van der Waals surface area contributed by atoms with Gasteiger partial charge in [-0.25, -0.2) is 9.97 Å². The maximum atomic E-state index is 12.1. The van der Waals surface area contributed by atoms with Crippen LogP contribution in [0, 0.1) is 6.92 Å². The number of aryl methyl sites for hydroxylation is 1. The number of nitrogens with one attached hydrogen (secondary N) is 3. The Bertz CT molecular complexity index is 1050. The molecule has 0 radical (unpaired) electrons. The van der Waals surface area contributed by atoms with Crippen molar-refractivity contribution in [2.45, 2.75) is 39.3 Å². The van der Waals surface area contributed by atoms with Crippen LogP contribution in [-0.4, -0.2) is 38.1 Å². The van der Waals surface area contributed by atoms with Crippen molar-refractivity contribution in [2.24, 2.45) is 0 Å². The Morgan fingerprint density at radius 3 is 2.70 bits per heavy atom. The zero-order valence-electron chi connectivity index (χ0n) is 15.8. The third kappa shape index (κ3) is 3.04. The van der Waals surface area contributed by atoms with E-state index in [1.807, 2.05) is 31.2 Å². The van der Waals surface area contributed by atoms with Gasteiger partial charge in [0.2, 0.25) is 0 Å². The Balaban J connectivity index is 1.87. The number of anilines is 1. The fourth-order valence-corrected chi connectivity index (χ4v) is 3.38. The summed E-state index contributed by atoms with van der Waals surface area (Å²) in [6.07, 6.45) is 0. The number of H-pyrrole nitrogens is 1. The number of benzene rings is 1. The summed E-state index contributed by atoms with van der Waals surface area (Å²) >= 11 is 0. The van der Waals surface area contributed by atoms with Crippen molar-refractivity contribution in [2.75, 3.05) is 11.9 Å². The summed E-state index contributed by atoms with van der Waals surface area (Å²) in [5, 5.41) is 15.6. The summed E-state index contributed by atoms with van der Waals surface area (Å²) in [6, 6.07) is 7.23. The molecule has 3 heterocycles. The van der Waals surface area contributed by atoms with E-state index < -0.39 is 6.04 Å². The summed E-state index contributed by atoms with van der Waals surface area (Å²) in [7, 11) is 0. The molecular weight excluding hydrogens is 342 g/mol. The lowest BCUT2D eigenvalue weighted by atomic mass is 10.1. The molecule has 1 aliphatic heterocycles. The van der Waals surface area contributed by atoms with Crippen LogP contribution >= 0.6 is 0 Å².